The number of benzene rings is 1. The van der Waals surface area contributed by atoms with Gasteiger partial charge in [0.2, 0.25) is 0 Å². The van der Waals surface area contributed by atoms with Crippen molar-refractivity contribution >= 4 is 5.84 Å². The van der Waals surface area contributed by atoms with Crippen molar-refractivity contribution in [1.82, 2.24) is 4.90 Å². The Kier molecular flexibility index (Phi) is 3.02. The fourth-order valence-corrected chi connectivity index (χ4v) is 1.91. The number of aliphatic imine (C=N–C) groups is 1. The third-order valence-electron chi connectivity index (χ3n) is 2.61. The number of hydrogen-bond donors (Lipinski definition) is 1. The first-order valence-corrected chi connectivity index (χ1v) is 5.38. The van der Waals surface area contributed by atoms with Crippen LogP contribution >= 0.6 is 0 Å². The minimum Gasteiger partial charge on any atom is -0.353 e. The van der Waals surface area contributed by atoms with Crippen LogP contribution in [0.5, 0.6) is 0 Å². The molecule has 1 aliphatic rings. The standard InChI is InChI=1S/C12H17N3/c1-10-3-2-4-11(9-10)12-14-6-8-15(12)7-5-13/h2-4,9H,5-8,13H2,1H3. The molecule has 1 heterocycles. The van der Waals surface area contributed by atoms with E-state index in [1.54, 1.807) is 0 Å². The predicted molar refractivity (Wildman–Crippen MR) is 63.2 cm³/mol. The molecule has 0 atom stereocenters. The molecule has 1 aliphatic heterocycles. The molecule has 2 rings (SSSR count). The van der Waals surface area contributed by atoms with Crippen LogP contribution in [0, 0.1) is 6.92 Å². The molecule has 1 aromatic carbocycles. The van der Waals surface area contributed by atoms with Crippen LogP contribution in [0.4, 0.5) is 0 Å². The lowest BCUT2D eigenvalue weighted by Gasteiger charge is -2.19. The Labute approximate surface area is 90.6 Å². The number of aryl methyl sites for hydroxylation is 1. The molecule has 0 bridgehead atoms. The molecule has 0 fully saturated rings. The van der Waals surface area contributed by atoms with Crippen LogP contribution in [-0.4, -0.2) is 36.9 Å². The van der Waals surface area contributed by atoms with E-state index in [2.05, 4.69) is 41.1 Å². The molecule has 3 heteroatoms. The van der Waals surface area contributed by atoms with E-state index in [1.807, 2.05) is 0 Å². The number of amidine groups is 1. The number of nitrogens with zero attached hydrogens (tertiary/aromatic N) is 2. The van der Waals surface area contributed by atoms with Crippen molar-refractivity contribution in [3.8, 4) is 0 Å². The van der Waals surface area contributed by atoms with Crippen LogP contribution in [0.2, 0.25) is 0 Å². The van der Waals surface area contributed by atoms with E-state index in [-0.39, 0.29) is 0 Å². The van der Waals surface area contributed by atoms with Gasteiger partial charge in [0.25, 0.3) is 0 Å². The fraction of sp³-hybridized carbons (Fsp3) is 0.417. The highest BCUT2D eigenvalue weighted by Gasteiger charge is 2.17. The van der Waals surface area contributed by atoms with E-state index < -0.39 is 0 Å². The molecule has 0 saturated carbocycles. The first-order chi connectivity index (χ1) is 7.31. The molecule has 0 amide bonds. The highest BCUT2D eigenvalue weighted by Crippen LogP contribution is 2.12. The van der Waals surface area contributed by atoms with E-state index in [0.717, 1.165) is 25.5 Å². The number of nitrogens with two attached hydrogens (primary N) is 1. The van der Waals surface area contributed by atoms with Gasteiger partial charge in [-0.1, -0.05) is 23.8 Å². The Balaban J connectivity index is 2.22. The van der Waals surface area contributed by atoms with Crippen molar-refractivity contribution in [2.75, 3.05) is 26.2 Å². The van der Waals surface area contributed by atoms with Gasteiger partial charge in [0.15, 0.2) is 0 Å². The molecular formula is C12H17N3. The summed E-state index contributed by atoms with van der Waals surface area (Å²) in [5.41, 5.74) is 8.06. The molecule has 0 saturated heterocycles. The fourth-order valence-electron chi connectivity index (χ4n) is 1.91. The van der Waals surface area contributed by atoms with Crippen LogP contribution in [0.1, 0.15) is 11.1 Å². The third-order valence-corrected chi connectivity index (χ3v) is 2.61. The SMILES string of the molecule is Cc1cccc(C2=NCCN2CCN)c1. The molecular weight excluding hydrogens is 186 g/mol. The minimum atomic E-state index is 0.685. The Morgan fingerprint density at radius 1 is 1.47 bits per heavy atom. The van der Waals surface area contributed by atoms with Crippen LogP contribution in [0.3, 0.4) is 0 Å². The highest BCUT2D eigenvalue weighted by molar-refractivity contribution is 5.99. The molecule has 0 aliphatic carbocycles. The molecule has 15 heavy (non-hydrogen) atoms. The Morgan fingerprint density at radius 2 is 2.33 bits per heavy atom. The zero-order valence-electron chi connectivity index (χ0n) is 9.11. The summed E-state index contributed by atoms with van der Waals surface area (Å²) >= 11 is 0. The Bertz CT molecular complexity index is 371. The maximum Gasteiger partial charge on any atom is 0.131 e. The maximum absolute atomic E-state index is 5.58. The summed E-state index contributed by atoms with van der Waals surface area (Å²) in [4.78, 5) is 6.79. The number of rotatable bonds is 3. The summed E-state index contributed by atoms with van der Waals surface area (Å²) in [6, 6.07) is 8.47. The Hall–Kier alpha value is -1.35. The predicted octanol–water partition coefficient (Wildman–Crippen LogP) is 1.02. The molecule has 1 aromatic rings. The van der Waals surface area contributed by atoms with E-state index in [9.17, 15) is 0 Å². The summed E-state index contributed by atoms with van der Waals surface area (Å²) in [5.74, 6) is 1.10. The van der Waals surface area contributed by atoms with Crippen LogP contribution in [0.15, 0.2) is 29.3 Å². The van der Waals surface area contributed by atoms with E-state index >= 15 is 0 Å². The minimum absolute atomic E-state index is 0.685. The van der Waals surface area contributed by atoms with E-state index in [0.29, 0.717) is 6.54 Å². The topological polar surface area (TPSA) is 41.6 Å². The first-order valence-electron chi connectivity index (χ1n) is 5.38. The molecule has 80 valence electrons. The van der Waals surface area contributed by atoms with Crippen molar-refractivity contribution in [1.29, 1.82) is 0 Å². The van der Waals surface area contributed by atoms with Gasteiger partial charge < -0.3 is 10.6 Å². The van der Waals surface area contributed by atoms with Gasteiger partial charge in [0, 0.05) is 25.2 Å². The molecule has 2 N–H and O–H groups in total. The summed E-state index contributed by atoms with van der Waals surface area (Å²) in [5, 5.41) is 0. The van der Waals surface area contributed by atoms with Gasteiger partial charge in [-0.3, -0.25) is 4.99 Å². The zero-order chi connectivity index (χ0) is 10.7. The summed E-state index contributed by atoms with van der Waals surface area (Å²) in [7, 11) is 0. The summed E-state index contributed by atoms with van der Waals surface area (Å²) in [6.45, 7) is 5.58. The van der Waals surface area contributed by atoms with Gasteiger partial charge in [0.1, 0.15) is 5.84 Å². The molecule has 0 aromatic heterocycles. The third kappa shape index (κ3) is 2.18. The van der Waals surface area contributed by atoms with Gasteiger partial charge in [-0.2, -0.15) is 0 Å². The highest BCUT2D eigenvalue weighted by atomic mass is 15.2. The van der Waals surface area contributed by atoms with Crippen LogP contribution < -0.4 is 5.73 Å². The van der Waals surface area contributed by atoms with Crippen molar-refractivity contribution in [3.63, 3.8) is 0 Å². The quantitative estimate of drug-likeness (QED) is 0.796. The average Bonchev–Trinajstić information content (AvgIpc) is 2.66. The lowest BCUT2D eigenvalue weighted by Crippen LogP contribution is -2.33. The lowest BCUT2D eigenvalue weighted by atomic mass is 10.1. The lowest BCUT2D eigenvalue weighted by molar-refractivity contribution is 0.468. The van der Waals surface area contributed by atoms with E-state index in [1.165, 1.54) is 11.1 Å². The second-order valence-corrected chi connectivity index (χ2v) is 3.85. The summed E-state index contributed by atoms with van der Waals surface area (Å²) < 4.78 is 0. The normalized spacial score (nSPS) is 15.6. The van der Waals surface area contributed by atoms with Crippen LogP contribution in [0.25, 0.3) is 0 Å². The zero-order valence-corrected chi connectivity index (χ0v) is 9.11. The second kappa shape index (κ2) is 4.45. The summed E-state index contributed by atoms with van der Waals surface area (Å²) in [6.07, 6.45) is 0. The second-order valence-electron chi connectivity index (χ2n) is 3.85. The van der Waals surface area contributed by atoms with Gasteiger partial charge in [-0.25, -0.2) is 0 Å². The van der Waals surface area contributed by atoms with Crippen molar-refractivity contribution in [2.24, 2.45) is 10.7 Å². The Morgan fingerprint density at radius 3 is 3.07 bits per heavy atom. The van der Waals surface area contributed by atoms with Crippen molar-refractivity contribution in [2.45, 2.75) is 6.92 Å². The molecule has 0 unspecified atom stereocenters. The van der Waals surface area contributed by atoms with Crippen molar-refractivity contribution < 1.29 is 0 Å². The van der Waals surface area contributed by atoms with Crippen LogP contribution in [-0.2, 0) is 0 Å². The van der Waals surface area contributed by atoms with Gasteiger partial charge in [-0.05, 0) is 13.0 Å². The monoisotopic (exact) mass is 203 g/mol. The first kappa shape index (κ1) is 10.2. The molecule has 3 nitrogen and oxygen atoms in total. The van der Waals surface area contributed by atoms with Gasteiger partial charge in [0.05, 0.1) is 6.54 Å². The number of hydrogen-bond acceptors (Lipinski definition) is 3. The van der Waals surface area contributed by atoms with Gasteiger partial charge in [-0.15, -0.1) is 0 Å². The van der Waals surface area contributed by atoms with Gasteiger partial charge >= 0.3 is 0 Å². The largest absolute Gasteiger partial charge is 0.353 e. The smallest absolute Gasteiger partial charge is 0.131 e. The van der Waals surface area contributed by atoms with Crippen molar-refractivity contribution in [3.05, 3.63) is 35.4 Å². The van der Waals surface area contributed by atoms with E-state index in [4.69, 9.17) is 5.73 Å². The molecule has 0 spiro atoms. The maximum atomic E-state index is 5.58. The average molecular weight is 203 g/mol. The molecule has 0 radical (unpaired) electrons.